The summed E-state index contributed by atoms with van der Waals surface area (Å²) in [6, 6.07) is 13.7. The van der Waals surface area contributed by atoms with E-state index in [2.05, 4.69) is 21.4 Å². The highest BCUT2D eigenvalue weighted by atomic mass is 35.5. The molecule has 7 N–H and O–H groups in total. The van der Waals surface area contributed by atoms with E-state index in [1.165, 1.54) is 0 Å². The van der Waals surface area contributed by atoms with Crippen LogP contribution in [0.4, 0.5) is 29.1 Å². The molecule has 2 aromatic carbocycles. The molecule has 4 aromatic rings. The van der Waals surface area contributed by atoms with Crippen LogP contribution in [-0.4, -0.2) is 37.6 Å². The molecule has 37 heavy (non-hydrogen) atoms. The normalized spacial score (nSPS) is 14.9. The van der Waals surface area contributed by atoms with Crippen LogP contribution < -0.4 is 27.2 Å². The first kappa shape index (κ1) is 24.0. The van der Waals surface area contributed by atoms with Crippen molar-refractivity contribution < 1.29 is 10.0 Å². The van der Waals surface area contributed by atoms with Crippen molar-refractivity contribution in [3.63, 3.8) is 0 Å². The van der Waals surface area contributed by atoms with Crippen molar-refractivity contribution in [2.45, 2.75) is 18.9 Å². The summed E-state index contributed by atoms with van der Waals surface area (Å²) in [6.45, 7) is 0.601. The van der Waals surface area contributed by atoms with Crippen LogP contribution in [-0.2, 0) is 0 Å². The zero-order valence-corrected chi connectivity index (χ0v) is 20.1. The Labute approximate surface area is 215 Å². The van der Waals surface area contributed by atoms with E-state index >= 15 is 0 Å². The Morgan fingerprint density at radius 3 is 2.65 bits per heavy atom. The summed E-state index contributed by atoms with van der Waals surface area (Å²) in [4.78, 5) is 31.4. The fraction of sp³-hybridized carbons (Fsp3) is 0.167. The first-order chi connectivity index (χ1) is 17.9. The molecule has 186 valence electrons. The molecule has 2 aromatic heterocycles. The Hall–Kier alpha value is -4.73. The topological polar surface area (TPSA) is 192 Å². The number of nitrogens with zero attached hydrogens (tertiary/aromatic N) is 6. The summed E-state index contributed by atoms with van der Waals surface area (Å²) in [5.74, 6) is 0.696. The van der Waals surface area contributed by atoms with Crippen LogP contribution >= 0.6 is 11.6 Å². The highest BCUT2D eigenvalue weighted by molar-refractivity contribution is 6.36. The van der Waals surface area contributed by atoms with Crippen molar-refractivity contribution in [1.29, 1.82) is 5.26 Å². The van der Waals surface area contributed by atoms with Gasteiger partial charge in [0.15, 0.2) is 11.6 Å². The van der Waals surface area contributed by atoms with Gasteiger partial charge >= 0.3 is 0 Å². The number of carbonyl (C=O) groups excluding carboxylic acids is 1. The van der Waals surface area contributed by atoms with E-state index < -0.39 is 5.91 Å². The second-order valence-electron chi connectivity index (χ2n) is 8.34. The van der Waals surface area contributed by atoms with Gasteiger partial charge in [-0.2, -0.15) is 15.2 Å². The summed E-state index contributed by atoms with van der Waals surface area (Å²) in [5.41, 5.74) is 15.1. The van der Waals surface area contributed by atoms with Gasteiger partial charge in [-0.1, -0.05) is 17.7 Å². The Morgan fingerprint density at radius 2 is 1.92 bits per heavy atom. The fourth-order valence-corrected chi connectivity index (χ4v) is 4.65. The predicted molar refractivity (Wildman–Crippen MR) is 138 cm³/mol. The number of benzene rings is 2. The Morgan fingerprint density at radius 1 is 1.14 bits per heavy atom. The lowest BCUT2D eigenvalue weighted by atomic mass is 10.1. The Bertz CT molecular complexity index is 1550. The molecule has 1 saturated heterocycles. The number of rotatable bonds is 5. The third kappa shape index (κ3) is 4.49. The van der Waals surface area contributed by atoms with Crippen LogP contribution in [0.25, 0.3) is 10.9 Å². The molecule has 1 atom stereocenters. The number of nitrogens with two attached hydrogens (primary N) is 2. The zero-order valence-electron chi connectivity index (χ0n) is 19.3. The van der Waals surface area contributed by atoms with Gasteiger partial charge in [0.1, 0.15) is 23.3 Å². The van der Waals surface area contributed by atoms with E-state index in [1.54, 1.807) is 41.9 Å². The third-order valence-corrected chi connectivity index (χ3v) is 6.39. The minimum absolute atomic E-state index is 0.0162. The molecule has 5 rings (SSSR count). The molecule has 0 saturated carbocycles. The SMILES string of the molecule is N#Cc1c(N)nc(N)nc1N1CCC[C@H]1c1nc(Nc2ccc(C(=O)NO)cc2)c2c(Cl)cccc2n1. The Balaban J connectivity index is 1.58. The number of hydroxylamine groups is 1. The summed E-state index contributed by atoms with van der Waals surface area (Å²) in [7, 11) is 0. The number of nitriles is 1. The molecule has 1 aliphatic heterocycles. The Kier molecular flexibility index (Phi) is 6.31. The van der Waals surface area contributed by atoms with Crippen LogP contribution in [0.15, 0.2) is 42.5 Å². The van der Waals surface area contributed by atoms with Crippen molar-refractivity contribution in [3.8, 4) is 6.07 Å². The highest BCUT2D eigenvalue weighted by Gasteiger charge is 2.33. The van der Waals surface area contributed by atoms with Gasteiger partial charge in [-0.25, -0.2) is 15.4 Å². The lowest BCUT2D eigenvalue weighted by molar-refractivity contribution is 0.0706. The molecular formula is C24H21ClN10O2. The van der Waals surface area contributed by atoms with Crippen molar-refractivity contribution >= 4 is 57.5 Å². The number of anilines is 5. The molecule has 0 radical (unpaired) electrons. The smallest absolute Gasteiger partial charge is 0.274 e. The zero-order chi connectivity index (χ0) is 26.1. The summed E-state index contributed by atoms with van der Waals surface area (Å²) in [5, 5.41) is 22.9. The second kappa shape index (κ2) is 9.73. The number of halogens is 1. The van der Waals surface area contributed by atoms with Crippen LogP contribution in [0, 0.1) is 11.3 Å². The minimum atomic E-state index is -0.617. The van der Waals surface area contributed by atoms with Gasteiger partial charge in [-0.3, -0.25) is 10.0 Å². The lowest BCUT2D eigenvalue weighted by Gasteiger charge is -2.26. The molecule has 0 unspecified atom stereocenters. The number of amides is 1. The first-order valence-electron chi connectivity index (χ1n) is 11.3. The van der Waals surface area contributed by atoms with E-state index in [0.717, 1.165) is 6.42 Å². The molecule has 1 aliphatic rings. The maximum Gasteiger partial charge on any atom is 0.274 e. The van der Waals surface area contributed by atoms with E-state index in [1.807, 2.05) is 11.0 Å². The first-order valence-corrected chi connectivity index (χ1v) is 11.6. The van der Waals surface area contributed by atoms with Gasteiger partial charge in [-0.05, 0) is 49.2 Å². The molecule has 1 amide bonds. The van der Waals surface area contributed by atoms with E-state index in [0.29, 0.717) is 52.0 Å². The lowest BCUT2D eigenvalue weighted by Crippen LogP contribution is -2.27. The maximum absolute atomic E-state index is 11.7. The third-order valence-electron chi connectivity index (χ3n) is 6.07. The molecule has 0 bridgehead atoms. The van der Waals surface area contributed by atoms with Crippen molar-refractivity contribution in [2.75, 3.05) is 28.2 Å². The van der Waals surface area contributed by atoms with Crippen LogP contribution in [0.2, 0.25) is 5.02 Å². The molecule has 1 fully saturated rings. The summed E-state index contributed by atoms with van der Waals surface area (Å²) < 4.78 is 0. The van der Waals surface area contributed by atoms with Crippen LogP contribution in [0.3, 0.4) is 0 Å². The van der Waals surface area contributed by atoms with Crippen LogP contribution in [0.1, 0.15) is 40.6 Å². The predicted octanol–water partition coefficient (Wildman–Crippen LogP) is 3.31. The van der Waals surface area contributed by atoms with Crippen molar-refractivity contribution in [2.24, 2.45) is 0 Å². The van der Waals surface area contributed by atoms with Gasteiger partial charge < -0.3 is 21.7 Å². The summed E-state index contributed by atoms with van der Waals surface area (Å²) in [6.07, 6.45) is 1.53. The molecule has 0 aliphatic carbocycles. The average Bonchev–Trinajstić information content (AvgIpc) is 3.38. The largest absolute Gasteiger partial charge is 0.382 e. The minimum Gasteiger partial charge on any atom is -0.382 e. The molecule has 3 heterocycles. The standard InChI is InChI=1S/C24H21ClN10O2/c25-15-3-1-4-16-18(15)21(29-13-8-6-12(7-9-13)23(36)34-37)32-20(30-16)17-5-2-10-35(17)22-14(11-26)19(27)31-24(28)33-22/h1,3-4,6-9,17,37H,2,5,10H2,(H,34,36)(H,29,30,32)(H4,27,28,31,33)/t17-/m0/s1. The molecule has 13 heteroatoms. The van der Waals surface area contributed by atoms with Crippen molar-refractivity contribution in [1.82, 2.24) is 25.4 Å². The summed E-state index contributed by atoms with van der Waals surface area (Å²) >= 11 is 6.53. The molecule has 0 spiro atoms. The number of carbonyl (C=O) groups is 1. The number of nitrogen functional groups attached to an aromatic ring is 2. The fourth-order valence-electron chi connectivity index (χ4n) is 4.39. The maximum atomic E-state index is 11.7. The van der Waals surface area contributed by atoms with E-state index in [4.69, 9.17) is 38.2 Å². The second-order valence-corrected chi connectivity index (χ2v) is 8.74. The van der Waals surface area contributed by atoms with Gasteiger partial charge in [-0.15, -0.1) is 0 Å². The van der Waals surface area contributed by atoms with Gasteiger partial charge in [0.25, 0.3) is 5.91 Å². The quantitative estimate of drug-likeness (QED) is 0.193. The molecular weight excluding hydrogens is 496 g/mol. The molecule has 12 nitrogen and oxygen atoms in total. The van der Waals surface area contributed by atoms with E-state index in [-0.39, 0.29) is 28.9 Å². The van der Waals surface area contributed by atoms with E-state index in [9.17, 15) is 10.1 Å². The number of aromatic nitrogens is 4. The number of hydrogen-bond acceptors (Lipinski definition) is 11. The van der Waals surface area contributed by atoms with Gasteiger partial charge in [0.05, 0.1) is 22.0 Å². The van der Waals surface area contributed by atoms with Crippen molar-refractivity contribution in [3.05, 3.63) is 64.4 Å². The number of fused-ring (bicyclic) bond motifs is 1. The van der Waals surface area contributed by atoms with Crippen LogP contribution in [0.5, 0.6) is 0 Å². The number of nitrogens with one attached hydrogen (secondary N) is 2. The number of hydrogen-bond donors (Lipinski definition) is 5. The highest BCUT2D eigenvalue weighted by Crippen LogP contribution is 2.39. The average molecular weight is 517 g/mol. The van der Waals surface area contributed by atoms with Gasteiger partial charge in [0.2, 0.25) is 5.95 Å². The van der Waals surface area contributed by atoms with Gasteiger partial charge in [0, 0.05) is 17.8 Å². The monoisotopic (exact) mass is 516 g/mol.